The van der Waals surface area contributed by atoms with Crippen LogP contribution in [0.25, 0.3) is 16.6 Å². The monoisotopic (exact) mass is 219 g/mol. The fourth-order valence-electron chi connectivity index (χ4n) is 1.83. The minimum atomic E-state index is 0.638. The van der Waals surface area contributed by atoms with Crippen LogP contribution < -0.4 is 0 Å². The van der Waals surface area contributed by atoms with E-state index in [9.17, 15) is 0 Å². The average Bonchev–Trinajstić information content (AvgIpc) is 2.79. The molecule has 3 aromatic rings. The van der Waals surface area contributed by atoms with Crippen LogP contribution in [0.5, 0.6) is 0 Å². The summed E-state index contributed by atoms with van der Waals surface area (Å²) in [5, 5.41) is 7.07. The highest BCUT2D eigenvalue weighted by Gasteiger charge is 2.09. The van der Waals surface area contributed by atoms with Crippen molar-refractivity contribution in [3.63, 3.8) is 0 Å². The van der Waals surface area contributed by atoms with Gasteiger partial charge in [-0.1, -0.05) is 19.1 Å². The van der Waals surface area contributed by atoms with Gasteiger partial charge in [-0.3, -0.25) is 9.50 Å². The van der Waals surface area contributed by atoms with E-state index in [2.05, 4.69) is 17.1 Å². The van der Waals surface area contributed by atoms with E-state index in [1.165, 1.54) is 0 Å². The van der Waals surface area contributed by atoms with Crippen molar-refractivity contribution in [1.29, 1.82) is 0 Å². The SMILES string of the molecule is CCc1n[nH]c(=S)c2cc3occc3n12. The molecule has 15 heavy (non-hydrogen) atoms. The van der Waals surface area contributed by atoms with Gasteiger partial charge in [0.25, 0.3) is 0 Å². The Kier molecular flexibility index (Phi) is 1.70. The molecule has 0 aromatic carbocycles. The van der Waals surface area contributed by atoms with Gasteiger partial charge in [-0.25, -0.2) is 0 Å². The Bertz CT molecular complexity index is 691. The number of aromatic amines is 1. The molecule has 0 aliphatic rings. The lowest BCUT2D eigenvalue weighted by atomic mass is 10.4. The lowest BCUT2D eigenvalue weighted by molar-refractivity contribution is 0.616. The Morgan fingerprint density at radius 1 is 1.53 bits per heavy atom. The molecular weight excluding hydrogens is 210 g/mol. The smallest absolute Gasteiger partial charge is 0.152 e. The number of H-pyrrole nitrogens is 1. The number of hydrogen-bond acceptors (Lipinski definition) is 3. The number of aromatic nitrogens is 3. The van der Waals surface area contributed by atoms with Crippen molar-refractivity contribution in [3.8, 4) is 0 Å². The molecule has 3 aromatic heterocycles. The van der Waals surface area contributed by atoms with E-state index < -0.39 is 0 Å². The zero-order chi connectivity index (χ0) is 10.4. The first-order valence-electron chi connectivity index (χ1n) is 4.77. The Morgan fingerprint density at radius 3 is 3.20 bits per heavy atom. The largest absolute Gasteiger partial charge is 0.463 e. The third-order valence-electron chi connectivity index (χ3n) is 2.52. The summed E-state index contributed by atoms with van der Waals surface area (Å²) in [7, 11) is 0. The molecule has 0 amide bonds. The molecule has 0 radical (unpaired) electrons. The summed E-state index contributed by atoms with van der Waals surface area (Å²) < 4.78 is 8.03. The van der Waals surface area contributed by atoms with Crippen molar-refractivity contribution >= 4 is 28.8 Å². The molecular formula is C10H9N3OS. The van der Waals surface area contributed by atoms with Gasteiger partial charge in [0.05, 0.1) is 17.3 Å². The van der Waals surface area contributed by atoms with Crippen LogP contribution in [0.2, 0.25) is 0 Å². The summed E-state index contributed by atoms with van der Waals surface area (Å²) in [4.78, 5) is 0. The molecule has 0 aliphatic carbocycles. The van der Waals surface area contributed by atoms with E-state index in [4.69, 9.17) is 16.6 Å². The highest BCUT2D eigenvalue weighted by Crippen LogP contribution is 2.22. The topological polar surface area (TPSA) is 46.2 Å². The Labute approximate surface area is 90.5 Å². The Morgan fingerprint density at radius 2 is 2.40 bits per heavy atom. The van der Waals surface area contributed by atoms with Crippen molar-refractivity contribution in [2.45, 2.75) is 13.3 Å². The lowest BCUT2D eigenvalue weighted by Crippen LogP contribution is -2.01. The van der Waals surface area contributed by atoms with E-state index in [1.54, 1.807) is 6.26 Å². The van der Waals surface area contributed by atoms with Gasteiger partial charge in [-0.2, -0.15) is 5.10 Å². The van der Waals surface area contributed by atoms with Crippen molar-refractivity contribution in [2.75, 3.05) is 0 Å². The minimum Gasteiger partial charge on any atom is -0.463 e. The molecule has 0 fully saturated rings. The first kappa shape index (κ1) is 8.67. The normalized spacial score (nSPS) is 11.5. The molecule has 4 nitrogen and oxygen atoms in total. The summed E-state index contributed by atoms with van der Waals surface area (Å²) >= 11 is 5.19. The molecule has 5 heteroatoms. The van der Waals surface area contributed by atoms with Gasteiger partial charge in [-0.15, -0.1) is 0 Å². The van der Waals surface area contributed by atoms with E-state index in [-0.39, 0.29) is 0 Å². The predicted octanol–water partition coefficient (Wildman–Crippen LogP) is 2.70. The highest BCUT2D eigenvalue weighted by molar-refractivity contribution is 7.71. The van der Waals surface area contributed by atoms with Crippen molar-refractivity contribution in [2.24, 2.45) is 0 Å². The van der Waals surface area contributed by atoms with E-state index in [0.29, 0.717) is 4.64 Å². The first-order valence-corrected chi connectivity index (χ1v) is 5.18. The van der Waals surface area contributed by atoms with Gasteiger partial charge in [0.15, 0.2) is 5.58 Å². The molecule has 0 saturated carbocycles. The van der Waals surface area contributed by atoms with Crippen LogP contribution in [0, 0.1) is 4.64 Å². The zero-order valence-electron chi connectivity index (χ0n) is 8.15. The van der Waals surface area contributed by atoms with Gasteiger partial charge in [-0.05, 0) is 0 Å². The molecule has 76 valence electrons. The second-order valence-corrected chi connectivity index (χ2v) is 3.77. The van der Waals surface area contributed by atoms with Crippen LogP contribution in [0.4, 0.5) is 0 Å². The van der Waals surface area contributed by atoms with Crippen molar-refractivity contribution < 1.29 is 4.42 Å². The van der Waals surface area contributed by atoms with Crippen LogP contribution in [0.1, 0.15) is 12.7 Å². The maximum absolute atomic E-state index is 5.35. The molecule has 0 spiro atoms. The number of furan rings is 1. The van der Waals surface area contributed by atoms with Gasteiger partial charge in [0.1, 0.15) is 10.5 Å². The summed E-state index contributed by atoms with van der Waals surface area (Å²) in [5.41, 5.74) is 2.82. The average molecular weight is 219 g/mol. The molecule has 0 saturated heterocycles. The summed E-state index contributed by atoms with van der Waals surface area (Å²) in [6.07, 6.45) is 2.52. The standard InChI is InChI=1S/C10H9N3OS/c1-2-9-11-12-10(15)7-5-8-6(13(7)9)3-4-14-8/h3-5H,2H2,1H3,(H,12,15). The van der Waals surface area contributed by atoms with Crippen LogP contribution >= 0.6 is 12.2 Å². The molecule has 0 aliphatic heterocycles. The third kappa shape index (κ3) is 1.07. The van der Waals surface area contributed by atoms with E-state index >= 15 is 0 Å². The van der Waals surface area contributed by atoms with E-state index in [1.807, 2.05) is 16.5 Å². The second kappa shape index (κ2) is 2.93. The zero-order valence-corrected chi connectivity index (χ0v) is 8.97. The number of hydrogen-bond donors (Lipinski definition) is 1. The van der Waals surface area contributed by atoms with Gasteiger partial charge in [0.2, 0.25) is 0 Å². The molecule has 0 unspecified atom stereocenters. The van der Waals surface area contributed by atoms with Crippen LogP contribution in [-0.4, -0.2) is 14.6 Å². The maximum atomic E-state index is 5.35. The van der Waals surface area contributed by atoms with Crippen molar-refractivity contribution in [1.82, 2.24) is 14.6 Å². The maximum Gasteiger partial charge on any atom is 0.152 e. The summed E-state index contributed by atoms with van der Waals surface area (Å²) in [5.74, 6) is 0.954. The number of rotatable bonds is 1. The Hall–Kier alpha value is -1.62. The van der Waals surface area contributed by atoms with Gasteiger partial charge >= 0.3 is 0 Å². The quantitative estimate of drug-likeness (QED) is 0.640. The second-order valence-electron chi connectivity index (χ2n) is 3.36. The van der Waals surface area contributed by atoms with Gasteiger partial charge < -0.3 is 4.42 Å². The summed E-state index contributed by atoms with van der Waals surface area (Å²) in [6.45, 7) is 2.06. The molecule has 1 N–H and O–H groups in total. The molecule has 0 bridgehead atoms. The number of fused-ring (bicyclic) bond motifs is 3. The summed E-state index contributed by atoms with van der Waals surface area (Å²) in [6, 6.07) is 3.87. The molecule has 3 rings (SSSR count). The van der Waals surface area contributed by atoms with Crippen LogP contribution in [0.3, 0.4) is 0 Å². The number of aryl methyl sites for hydroxylation is 1. The molecule has 3 heterocycles. The minimum absolute atomic E-state index is 0.638. The van der Waals surface area contributed by atoms with Crippen LogP contribution in [-0.2, 0) is 6.42 Å². The van der Waals surface area contributed by atoms with Crippen molar-refractivity contribution in [3.05, 3.63) is 28.9 Å². The fourth-order valence-corrected chi connectivity index (χ4v) is 2.03. The van der Waals surface area contributed by atoms with E-state index in [0.717, 1.165) is 28.9 Å². The van der Waals surface area contributed by atoms with Gasteiger partial charge in [0, 0.05) is 18.6 Å². The Balaban J connectivity index is 2.65. The lowest BCUT2D eigenvalue weighted by Gasteiger charge is -2.01. The molecule has 0 atom stereocenters. The fraction of sp³-hybridized carbons (Fsp3) is 0.200. The van der Waals surface area contributed by atoms with Crippen LogP contribution in [0.15, 0.2) is 22.8 Å². The number of nitrogens with one attached hydrogen (secondary N) is 1. The highest BCUT2D eigenvalue weighted by atomic mass is 32.1. The third-order valence-corrected chi connectivity index (χ3v) is 2.82. The first-order chi connectivity index (χ1) is 7.31. The predicted molar refractivity (Wildman–Crippen MR) is 59.5 cm³/mol. The number of nitrogens with zero attached hydrogens (tertiary/aromatic N) is 2.